The molecule has 3 aromatic rings. The van der Waals surface area contributed by atoms with E-state index in [4.69, 9.17) is 4.74 Å². The van der Waals surface area contributed by atoms with E-state index in [1.165, 1.54) is 19.2 Å². The second-order valence-electron chi connectivity index (χ2n) is 9.40. The van der Waals surface area contributed by atoms with Crippen LogP contribution in [-0.2, 0) is 0 Å². The highest BCUT2D eigenvalue weighted by molar-refractivity contribution is 5.73. The van der Waals surface area contributed by atoms with Crippen LogP contribution in [0.3, 0.4) is 0 Å². The standard InChI is InChI=1S/C26H29F2N5O2/c1-3-15-4-9-20(27)21(10-15)33(18-6-7-18)24-14-29-26(32-31-24)19-8-5-16(11-22(19)34)17-12-23(28)30-25(13-17)35-2/h5,8,11-15,18,20-21,34H,3-4,6-7,9-10H2,1-2H3/t15-,20+,21-/m1/s1. The van der Waals surface area contributed by atoms with Crippen LogP contribution in [0.2, 0.25) is 0 Å². The third kappa shape index (κ3) is 4.90. The first-order valence-electron chi connectivity index (χ1n) is 12.1. The molecule has 0 radical (unpaired) electrons. The SMILES string of the molecule is CC[C@@H]1CC[C@H](F)[C@H](N(c2cnc(-c3ccc(-c4cc(F)nc(OC)c4)cc3O)nn2)C2CC2)C1. The predicted molar refractivity (Wildman–Crippen MR) is 128 cm³/mol. The number of halogens is 2. The predicted octanol–water partition coefficient (Wildman–Crippen LogP) is 5.34. The molecule has 2 fully saturated rings. The van der Waals surface area contributed by atoms with E-state index in [9.17, 15) is 13.9 Å². The number of hydrogen-bond donors (Lipinski definition) is 1. The molecular weight excluding hydrogens is 452 g/mol. The normalized spacial score (nSPS) is 22.1. The van der Waals surface area contributed by atoms with Crippen LogP contribution in [0, 0.1) is 11.9 Å². The number of aromatic hydroxyl groups is 1. The lowest BCUT2D eigenvalue weighted by molar-refractivity contribution is 0.166. The van der Waals surface area contributed by atoms with Gasteiger partial charge in [-0.15, -0.1) is 10.2 Å². The van der Waals surface area contributed by atoms with Gasteiger partial charge in [0.25, 0.3) is 0 Å². The quantitative estimate of drug-likeness (QED) is 0.456. The molecule has 2 saturated carbocycles. The lowest BCUT2D eigenvalue weighted by Gasteiger charge is -2.40. The van der Waals surface area contributed by atoms with Gasteiger partial charge in [0, 0.05) is 18.2 Å². The van der Waals surface area contributed by atoms with Crippen molar-refractivity contribution in [1.82, 2.24) is 20.2 Å². The summed E-state index contributed by atoms with van der Waals surface area (Å²) in [6.45, 7) is 2.16. The topological polar surface area (TPSA) is 84.3 Å². The molecule has 9 heteroatoms. The highest BCUT2D eigenvalue weighted by Crippen LogP contribution is 2.40. The van der Waals surface area contributed by atoms with Crippen LogP contribution in [0.25, 0.3) is 22.5 Å². The average molecular weight is 482 g/mol. The Labute approximate surface area is 203 Å². The Morgan fingerprint density at radius 1 is 1.09 bits per heavy atom. The number of phenolic OH excluding ortho intramolecular Hbond substituents is 1. The number of methoxy groups -OCH3 is 1. The summed E-state index contributed by atoms with van der Waals surface area (Å²) >= 11 is 0. The summed E-state index contributed by atoms with van der Waals surface area (Å²) in [7, 11) is 1.41. The Kier molecular flexibility index (Phi) is 6.49. The summed E-state index contributed by atoms with van der Waals surface area (Å²) in [6.07, 6.45) is 6.17. The fourth-order valence-electron chi connectivity index (χ4n) is 4.99. The van der Waals surface area contributed by atoms with E-state index in [0.717, 1.165) is 32.1 Å². The van der Waals surface area contributed by atoms with Crippen LogP contribution < -0.4 is 9.64 Å². The minimum absolute atomic E-state index is 0.0609. The molecule has 7 nitrogen and oxygen atoms in total. The van der Waals surface area contributed by atoms with Crippen molar-refractivity contribution in [2.75, 3.05) is 12.0 Å². The van der Waals surface area contributed by atoms with Crippen LogP contribution in [0.15, 0.2) is 36.5 Å². The molecular formula is C26H29F2N5O2. The fraction of sp³-hybridized carbons (Fsp3) is 0.462. The van der Waals surface area contributed by atoms with Crippen molar-refractivity contribution in [1.29, 1.82) is 0 Å². The zero-order valence-electron chi connectivity index (χ0n) is 19.9. The molecule has 2 aromatic heterocycles. The van der Waals surface area contributed by atoms with Crippen LogP contribution in [0.1, 0.15) is 45.4 Å². The van der Waals surface area contributed by atoms with Gasteiger partial charge in [-0.25, -0.2) is 9.37 Å². The fourth-order valence-corrected chi connectivity index (χ4v) is 4.99. The van der Waals surface area contributed by atoms with Crippen molar-refractivity contribution in [2.45, 2.75) is 63.7 Å². The number of pyridine rings is 1. The third-order valence-electron chi connectivity index (χ3n) is 7.08. The maximum atomic E-state index is 15.0. The summed E-state index contributed by atoms with van der Waals surface area (Å²) in [5, 5.41) is 19.3. The highest BCUT2D eigenvalue weighted by Gasteiger charge is 2.41. The van der Waals surface area contributed by atoms with Crippen LogP contribution in [0.5, 0.6) is 11.6 Å². The molecule has 2 aliphatic carbocycles. The number of ether oxygens (including phenoxy) is 1. The van der Waals surface area contributed by atoms with Crippen LogP contribution >= 0.6 is 0 Å². The molecule has 0 bridgehead atoms. The van der Waals surface area contributed by atoms with E-state index in [-0.39, 0.29) is 29.5 Å². The number of alkyl halides is 1. The number of phenols is 1. The van der Waals surface area contributed by atoms with E-state index in [1.54, 1.807) is 24.4 Å². The summed E-state index contributed by atoms with van der Waals surface area (Å²) < 4.78 is 33.8. The van der Waals surface area contributed by atoms with Crippen molar-refractivity contribution >= 4 is 5.82 Å². The third-order valence-corrected chi connectivity index (χ3v) is 7.08. The maximum Gasteiger partial charge on any atom is 0.216 e. The van der Waals surface area contributed by atoms with Gasteiger partial charge < -0.3 is 14.7 Å². The van der Waals surface area contributed by atoms with Crippen molar-refractivity contribution < 1.29 is 18.6 Å². The smallest absolute Gasteiger partial charge is 0.216 e. The first kappa shape index (κ1) is 23.4. The minimum atomic E-state index is -0.881. The molecule has 0 saturated heterocycles. The van der Waals surface area contributed by atoms with Gasteiger partial charge in [0.05, 0.1) is 24.9 Å². The van der Waals surface area contributed by atoms with Crippen molar-refractivity contribution in [3.8, 4) is 34.1 Å². The summed E-state index contributed by atoms with van der Waals surface area (Å²) in [5.41, 5.74) is 1.51. The summed E-state index contributed by atoms with van der Waals surface area (Å²) in [4.78, 5) is 10.2. The van der Waals surface area contributed by atoms with Gasteiger partial charge >= 0.3 is 0 Å². The molecule has 1 N–H and O–H groups in total. The number of anilines is 1. The second kappa shape index (κ2) is 9.71. The first-order chi connectivity index (χ1) is 17.0. The molecule has 3 atom stereocenters. The van der Waals surface area contributed by atoms with Crippen molar-refractivity contribution in [2.24, 2.45) is 5.92 Å². The molecule has 5 rings (SSSR count). The van der Waals surface area contributed by atoms with E-state index in [2.05, 4.69) is 32.0 Å². The number of aromatic nitrogens is 4. The number of benzene rings is 1. The van der Waals surface area contributed by atoms with E-state index in [0.29, 0.717) is 34.8 Å². The molecule has 2 aliphatic rings. The average Bonchev–Trinajstić information content (AvgIpc) is 3.70. The van der Waals surface area contributed by atoms with Crippen LogP contribution in [-0.4, -0.2) is 50.6 Å². The molecule has 35 heavy (non-hydrogen) atoms. The van der Waals surface area contributed by atoms with Crippen molar-refractivity contribution in [3.63, 3.8) is 0 Å². The number of rotatable bonds is 7. The molecule has 0 amide bonds. The summed E-state index contributed by atoms with van der Waals surface area (Å²) in [6, 6.07) is 7.84. The van der Waals surface area contributed by atoms with Gasteiger partial charge in [-0.2, -0.15) is 9.37 Å². The minimum Gasteiger partial charge on any atom is -0.507 e. The Morgan fingerprint density at radius 2 is 1.91 bits per heavy atom. The zero-order valence-corrected chi connectivity index (χ0v) is 19.9. The largest absolute Gasteiger partial charge is 0.507 e. The lowest BCUT2D eigenvalue weighted by atomic mass is 9.82. The van der Waals surface area contributed by atoms with Gasteiger partial charge in [0.15, 0.2) is 11.6 Å². The molecule has 0 unspecified atom stereocenters. The van der Waals surface area contributed by atoms with Crippen molar-refractivity contribution in [3.05, 3.63) is 42.5 Å². The highest BCUT2D eigenvalue weighted by atomic mass is 19.1. The van der Waals surface area contributed by atoms with Crippen LogP contribution in [0.4, 0.5) is 14.6 Å². The molecule has 2 heterocycles. The zero-order chi connectivity index (χ0) is 24.5. The lowest BCUT2D eigenvalue weighted by Crippen LogP contribution is -2.47. The van der Waals surface area contributed by atoms with E-state index < -0.39 is 12.1 Å². The van der Waals surface area contributed by atoms with Gasteiger partial charge in [0.2, 0.25) is 11.8 Å². The maximum absolute atomic E-state index is 15.0. The molecule has 184 valence electrons. The monoisotopic (exact) mass is 481 g/mol. The van der Waals surface area contributed by atoms with E-state index in [1.807, 2.05) is 0 Å². The Hall–Kier alpha value is -3.36. The molecule has 0 spiro atoms. The Morgan fingerprint density at radius 3 is 2.57 bits per heavy atom. The first-order valence-corrected chi connectivity index (χ1v) is 12.1. The number of hydrogen-bond acceptors (Lipinski definition) is 7. The van der Waals surface area contributed by atoms with Gasteiger partial charge in [-0.3, -0.25) is 0 Å². The Bertz CT molecular complexity index is 1190. The van der Waals surface area contributed by atoms with Gasteiger partial charge in [-0.05, 0) is 61.3 Å². The van der Waals surface area contributed by atoms with Gasteiger partial charge in [-0.1, -0.05) is 19.4 Å². The second-order valence-corrected chi connectivity index (χ2v) is 9.40. The summed E-state index contributed by atoms with van der Waals surface area (Å²) in [5.74, 6) is 0.776. The van der Waals surface area contributed by atoms with E-state index >= 15 is 0 Å². The molecule has 0 aliphatic heterocycles. The molecule has 1 aromatic carbocycles. The Balaban J connectivity index is 1.40. The van der Waals surface area contributed by atoms with Gasteiger partial charge in [0.1, 0.15) is 11.9 Å². The number of nitrogens with zero attached hydrogens (tertiary/aromatic N) is 5.